The lowest BCUT2D eigenvalue weighted by Crippen LogP contribution is -2.14. The van der Waals surface area contributed by atoms with Crippen LogP contribution in [0.2, 0.25) is 0 Å². The Morgan fingerprint density at radius 1 is 1.38 bits per heavy atom. The van der Waals surface area contributed by atoms with Crippen LogP contribution in [0.3, 0.4) is 0 Å². The maximum absolute atomic E-state index is 9.27. The summed E-state index contributed by atoms with van der Waals surface area (Å²) in [6, 6.07) is 6.08. The second-order valence-electron chi connectivity index (χ2n) is 4.12. The molecule has 0 aromatic heterocycles. The van der Waals surface area contributed by atoms with Gasteiger partial charge in [0.2, 0.25) is 0 Å². The molecule has 1 aliphatic heterocycles. The minimum Gasteiger partial charge on any atom is -0.496 e. The van der Waals surface area contributed by atoms with Gasteiger partial charge in [0.15, 0.2) is 0 Å². The maximum atomic E-state index is 9.27. The fourth-order valence-corrected chi connectivity index (χ4v) is 2.21. The topological polar surface area (TPSA) is 38.7 Å². The van der Waals surface area contributed by atoms with Crippen LogP contribution in [0.5, 0.6) is 5.75 Å². The Bertz CT molecular complexity index is 343. The van der Waals surface area contributed by atoms with Crippen molar-refractivity contribution < 1.29 is 14.6 Å². The first-order chi connectivity index (χ1) is 7.85. The van der Waals surface area contributed by atoms with Crippen molar-refractivity contribution in [2.75, 3.05) is 20.3 Å². The Hall–Kier alpha value is -1.06. The van der Waals surface area contributed by atoms with Crippen LogP contribution in [0, 0.1) is 0 Å². The smallest absolute Gasteiger partial charge is 0.124 e. The van der Waals surface area contributed by atoms with E-state index in [1.807, 2.05) is 6.07 Å². The van der Waals surface area contributed by atoms with Crippen molar-refractivity contribution in [1.29, 1.82) is 0 Å². The Morgan fingerprint density at radius 3 is 2.75 bits per heavy atom. The molecule has 0 spiro atoms. The molecule has 0 bridgehead atoms. The monoisotopic (exact) mass is 222 g/mol. The molecule has 0 saturated carbocycles. The zero-order valence-electron chi connectivity index (χ0n) is 9.61. The van der Waals surface area contributed by atoms with Crippen molar-refractivity contribution in [2.45, 2.75) is 25.4 Å². The van der Waals surface area contributed by atoms with Crippen molar-refractivity contribution in [3.8, 4) is 5.75 Å². The number of ether oxygens (including phenoxy) is 2. The number of aliphatic hydroxyl groups excluding tert-OH is 1. The van der Waals surface area contributed by atoms with E-state index in [1.165, 1.54) is 5.56 Å². The highest BCUT2D eigenvalue weighted by Gasteiger charge is 2.17. The molecule has 1 saturated heterocycles. The molecule has 1 heterocycles. The second kappa shape index (κ2) is 5.32. The van der Waals surface area contributed by atoms with Crippen molar-refractivity contribution >= 4 is 0 Å². The third-order valence-corrected chi connectivity index (χ3v) is 3.17. The van der Waals surface area contributed by atoms with Crippen LogP contribution in [0.4, 0.5) is 0 Å². The molecule has 3 heteroatoms. The Morgan fingerprint density at radius 2 is 2.12 bits per heavy atom. The molecule has 0 radical (unpaired) electrons. The molecule has 0 unspecified atom stereocenters. The summed E-state index contributed by atoms with van der Waals surface area (Å²) in [4.78, 5) is 0. The molecule has 1 aromatic carbocycles. The number of benzene rings is 1. The average Bonchev–Trinajstić information content (AvgIpc) is 2.39. The summed E-state index contributed by atoms with van der Waals surface area (Å²) < 4.78 is 10.5. The van der Waals surface area contributed by atoms with Gasteiger partial charge in [0.1, 0.15) is 5.75 Å². The van der Waals surface area contributed by atoms with E-state index in [2.05, 4.69) is 12.1 Å². The molecule has 1 fully saturated rings. The molecule has 3 nitrogen and oxygen atoms in total. The van der Waals surface area contributed by atoms with E-state index in [9.17, 15) is 5.11 Å². The van der Waals surface area contributed by atoms with Crippen molar-refractivity contribution in [3.05, 3.63) is 29.3 Å². The quantitative estimate of drug-likeness (QED) is 0.851. The molecule has 1 aromatic rings. The predicted octanol–water partition coefficient (Wildman–Crippen LogP) is 2.08. The van der Waals surface area contributed by atoms with Crippen LogP contribution in [0.15, 0.2) is 18.2 Å². The van der Waals surface area contributed by atoms with E-state index in [0.717, 1.165) is 37.4 Å². The molecular weight excluding hydrogens is 204 g/mol. The van der Waals surface area contributed by atoms with E-state index in [4.69, 9.17) is 9.47 Å². The largest absolute Gasteiger partial charge is 0.496 e. The van der Waals surface area contributed by atoms with Gasteiger partial charge < -0.3 is 14.6 Å². The number of hydrogen-bond acceptors (Lipinski definition) is 3. The molecule has 0 amide bonds. The molecule has 16 heavy (non-hydrogen) atoms. The van der Waals surface area contributed by atoms with Crippen molar-refractivity contribution in [3.63, 3.8) is 0 Å². The number of hydrogen-bond donors (Lipinski definition) is 1. The minimum absolute atomic E-state index is 0.0280. The lowest BCUT2D eigenvalue weighted by Gasteiger charge is -2.23. The normalized spacial score (nSPS) is 17.4. The summed E-state index contributed by atoms with van der Waals surface area (Å²) in [7, 11) is 1.63. The summed E-state index contributed by atoms with van der Waals surface area (Å²) >= 11 is 0. The first-order valence-electron chi connectivity index (χ1n) is 5.70. The van der Waals surface area contributed by atoms with Gasteiger partial charge >= 0.3 is 0 Å². The van der Waals surface area contributed by atoms with E-state index in [-0.39, 0.29) is 6.61 Å². The molecule has 0 atom stereocenters. The third-order valence-electron chi connectivity index (χ3n) is 3.17. The molecule has 1 aliphatic rings. The molecular formula is C13H18O3. The van der Waals surface area contributed by atoms with E-state index >= 15 is 0 Å². The third kappa shape index (κ3) is 2.36. The van der Waals surface area contributed by atoms with E-state index in [0.29, 0.717) is 5.92 Å². The van der Waals surface area contributed by atoms with Crippen LogP contribution < -0.4 is 4.74 Å². The first kappa shape index (κ1) is 11.4. The minimum atomic E-state index is 0.0280. The van der Waals surface area contributed by atoms with Gasteiger partial charge in [0.25, 0.3) is 0 Å². The molecule has 2 rings (SSSR count). The lowest BCUT2D eigenvalue weighted by atomic mass is 9.90. The average molecular weight is 222 g/mol. The van der Waals surface area contributed by atoms with Crippen molar-refractivity contribution in [1.82, 2.24) is 0 Å². The second-order valence-corrected chi connectivity index (χ2v) is 4.12. The standard InChI is InChI=1S/C13H18O3/c1-15-13-3-2-11(8-12(13)9-14)10-4-6-16-7-5-10/h2-3,8,10,14H,4-7,9H2,1H3. The fraction of sp³-hybridized carbons (Fsp3) is 0.538. The SMILES string of the molecule is COc1ccc(C2CCOCC2)cc1CO. The molecule has 88 valence electrons. The lowest BCUT2D eigenvalue weighted by molar-refractivity contribution is 0.0853. The summed E-state index contributed by atoms with van der Waals surface area (Å²) in [5.74, 6) is 1.32. The van der Waals surface area contributed by atoms with Crippen LogP contribution in [0.25, 0.3) is 0 Å². The highest BCUT2D eigenvalue weighted by molar-refractivity contribution is 5.38. The molecule has 1 N–H and O–H groups in total. The number of aliphatic hydroxyl groups is 1. The predicted molar refractivity (Wildman–Crippen MR) is 61.7 cm³/mol. The maximum Gasteiger partial charge on any atom is 0.124 e. The zero-order valence-corrected chi connectivity index (χ0v) is 9.61. The van der Waals surface area contributed by atoms with Crippen LogP contribution in [-0.2, 0) is 11.3 Å². The van der Waals surface area contributed by atoms with Crippen LogP contribution in [-0.4, -0.2) is 25.4 Å². The highest BCUT2D eigenvalue weighted by Crippen LogP contribution is 2.30. The van der Waals surface area contributed by atoms with Gasteiger partial charge in [-0.3, -0.25) is 0 Å². The Balaban J connectivity index is 2.20. The van der Waals surface area contributed by atoms with Gasteiger partial charge in [-0.2, -0.15) is 0 Å². The van der Waals surface area contributed by atoms with Gasteiger partial charge in [-0.1, -0.05) is 6.07 Å². The summed E-state index contributed by atoms with van der Waals surface area (Å²) in [6.07, 6.45) is 2.13. The number of rotatable bonds is 3. The molecule has 0 aliphatic carbocycles. The van der Waals surface area contributed by atoms with Gasteiger partial charge in [-0.05, 0) is 36.5 Å². The fourth-order valence-electron chi connectivity index (χ4n) is 2.21. The van der Waals surface area contributed by atoms with Gasteiger partial charge in [-0.15, -0.1) is 0 Å². The summed E-state index contributed by atoms with van der Waals surface area (Å²) in [6.45, 7) is 1.70. The van der Waals surface area contributed by atoms with Crippen LogP contribution in [0.1, 0.15) is 29.9 Å². The zero-order chi connectivity index (χ0) is 11.4. The first-order valence-corrected chi connectivity index (χ1v) is 5.70. The van der Waals surface area contributed by atoms with Gasteiger partial charge in [0, 0.05) is 18.8 Å². The number of methoxy groups -OCH3 is 1. The van der Waals surface area contributed by atoms with Crippen molar-refractivity contribution in [2.24, 2.45) is 0 Å². The summed E-state index contributed by atoms with van der Waals surface area (Å²) in [5.41, 5.74) is 2.15. The van der Waals surface area contributed by atoms with Gasteiger partial charge in [-0.25, -0.2) is 0 Å². The van der Waals surface area contributed by atoms with E-state index in [1.54, 1.807) is 7.11 Å². The van der Waals surface area contributed by atoms with E-state index < -0.39 is 0 Å². The summed E-state index contributed by atoms with van der Waals surface area (Å²) in [5, 5.41) is 9.27. The van der Waals surface area contributed by atoms with Crippen LogP contribution >= 0.6 is 0 Å². The van der Waals surface area contributed by atoms with Gasteiger partial charge in [0.05, 0.1) is 13.7 Å². The Kier molecular flexibility index (Phi) is 3.80. The highest BCUT2D eigenvalue weighted by atomic mass is 16.5. The Labute approximate surface area is 96.0 Å².